The minimum absolute atomic E-state index is 0.402. The monoisotopic (exact) mass is 282 g/mol. The lowest BCUT2D eigenvalue weighted by Crippen LogP contribution is -2.03. The van der Waals surface area contributed by atoms with Crippen molar-refractivity contribution in [3.05, 3.63) is 48.5 Å². The van der Waals surface area contributed by atoms with E-state index in [1.54, 1.807) is 11.8 Å². The summed E-state index contributed by atoms with van der Waals surface area (Å²) in [6.45, 7) is 0. The lowest BCUT2D eigenvalue weighted by Gasteiger charge is -2.11. The molecule has 4 nitrogen and oxygen atoms in total. The van der Waals surface area contributed by atoms with E-state index in [0.717, 1.165) is 21.6 Å². The zero-order valence-corrected chi connectivity index (χ0v) is 11.8. The number of thioether (sulfide) groups is 1. The zero-order chi connectivity index (χ0) is 13.9. The van der Waals surface area contributed by atoms with Gasteiger partial charge in [-0.1, -0.05) is 24.3 Å². The molecule has 0 aliphatic rings. The van der Waals surface area contributed by atoms with E-state index in [4.69, 9.17) is 5.73 Å². The van der Waals surface area contributed by atoms with Crippen LogP contribution in [0, 0.1) is 0 Å². The highest BCUT2D eigenvalue weighted by atomic mass is 32.2. The van der Waals surface area contributed by atoms with Crippen LogP contribution in [-0.4, -0.2) is 16.2 Å². The van der Waals surface area contributed by atoms with Crippen molar-refractivity contribution in [2.45, 2.75) is 4.90 Å². The molecule has 0 unspecified atom stereocenters. The van der Waals surface area contributed by atoms with E-state index in [1.807, 2.05) is 48.7 Å². The van der Waals surface area contributed by atoms with Crippen molar-refractivity contribution >= 4 is 40.1 Å². The third-order valence-electron chi connectivity index (χ3n) is 2.96. The summed E-state index contributed by atoms with van der Waals surface area (Å²) in [5.41, 5.74) is 8.59. The molecule has 0 spiro atoms. The molecule has 0 saturated carbocycles. The van der Waals surface area contributed by atoms with Crippen molar-refractivity contribution in [3.63, 3.8) is 0 Å². The van der Waals surface area contributed by atoms with Crippen molar-refractivity contribution in [1.82, 2.24) is 9.97 Å². The summed E-state index contributed by atoms with van der Waals surface area (Å²) >= 11 is 1.67. The van der Waals surface area contributed by atoms with Crippen LogP contribution in [0.5, 0.6) is 0 Å². The van der Waals surface area contributed by atoms with Gasteiger partial charge < -0.3 is 11.1 Å². The topological polar surface area (TPSA) is 63.8 Å². The van der Waals surface area contributed by atoms with E-state index >= 15 is 0 Å². The molecule has 3 rings (SSSR count). The number of nitrogens with zero attached hydrogens (tertiary/aromatic N) is 2. The van der Waals surface area contributed by atoms with E-state index < -0.39 is 0 Å². The van der Waals surface area contributed by atoms with Crippen LogP contribution in [-0.2, 0) is 0 Å². The third-order valence-corrected chi connectivity index (χ3v) is 3.75. The van der Waals surface area contributed by atoms with Gasteiger partial charge in [-0.25, -0.2) is 9.97 Å². The standard InChI is InChI=1S/C15H14N4S/c1-20-13-9-5-4-8-12(13)19-15-14(16)17-10-6-2-3-7-11(10)18-15/h2-9H,1H3,(H2,16,17)(H,18,19). The number of rotatable bonds is 3. The van der Waals surface area contributed by atoms with Crippen LogP contribution in [0.1, 0.15) is 0 Å². The summed E-state index contributed by atoms with van der Waals surface area (Å²) in [7, 11) is 0. The van der Waals surface area contributed by atoms with E-state index in [2.05, 4.69) is 21.4 Å². The van der Waals surface area contributed by atoms with E-state index in [1.165, 1.54) is 0 Å². The predicted octanol–water partition coefficient (Wildman–Crippen LogP) is 3.68. The normalized spacial score (nSPS) is 10.7. The average molecular weight is 282 g/mol. The molecular formula is C15H14N4S. The Labute approximate surface area is 121 Å². The molecular weight excluding hydrogens is 268 g/mol. The number of aromatic nitrogens is 2. The Kier molecular flexibility index (Phi) is 3.43. The fourth-order valence-electron chi connectivity index (χ4n) is 1.98. The van der Waals surface area contributed by atoms with Crippen LogP contribution in [0.25, 0.3) is 11.0 Å². The maximum atomic E-state index is 5.98. The molecule has 20 heavy (non-hydrogen) atoms. The van der Waals surface area contributed by atoms with Gasteiger partial charge in [0.15, 0.2) is 11.6 Å². The molecule has 1 heterocycles. The highest BCUT2D eigenvalue weighted by molar-refractivity contribution is 7.98. The first-order valence-electron chi connectivity index (χ1n) is 6.20. The number of hydrogen-bond acceptors (Lipinski definition) is 5. The lowest BCUT2D eigenvalue weighted by molar-refractivity contribution is 1.27. The Morgan fingerprint density at radius 1 is 0.950 bits per heavy atom. The van der Waals surface area contributed by atoms with Gasteiger partial charge in [-0.2, -0.15) is 0 Å². The molecule has 0 atom stereocenters. The summed E-state index contributed by atoms with van der Waals surface area (Å²) in [5, 5.41) is 3.26. The molecule has 3 aromatic rings. The Morgan fingerprint density at radius 3 is 2.35 bits per heavy atom. The highest BCUT2D eigenvalue weighted by Gasteiger charge is 2.08. The minimum atomic E-state index is 0.402. The van der Waals surface area contributed by atoms with Crippen LogP contribution < -0.4 is 11.1 Å². The van der Waals surface area contributed by atoms with Gasteiger partial charge in [0.1, 0.15) is 0 Å². The third kappa shape index (κ3) is 2.40. The minimum Gasteiger partial charge on any atom is -0.381 e. The fraction of sp³-hybridized carbons (Fsp3) is 0.0667. The molecule has 100 valence electrons. The lowest BCUT2D eigenvalue weighted by atomic mass is 10.3. The molecule has 0 aliphatic heterocycles. The predicted molar refractivity (Wildman–Crippen MR) is 85.5 cm³/mol. The summed E-state index contributed by atoms with van der Waals surface area (Å²) in [5.74, 6) is 0.991. The van der Waals surface area contributed by atoms with E-state index in [0.29, 0.717) is 11.6 Å². The number of para-hydroxylation sites is 3. The van der Waals surface area contributed by atoms with Crippen molar-refractivity contribution in [1.29, 1.82) is 0 Å². The average Bonchev–Trinajstić information content (AvgIpc) is 2.48. The Bertz CT molecular complexity index is 758. The fourth-order valence-corrected chi connectivity index (χ4v) is 2.53. The summed E-state index contributed by atoms with van der Waals surface area (Å²) in [4.78, 5) is 10.1. The van der Waals surface area contributed by atoms with Gasteiger partial charge in [0, 0.05) is 4.90 Å². The molecule has 5 heteroatoms. The van der Waals surface area contributed by atoms with Gasteiger partial charge in [-0.3, -0.25) is 0 Å². The molecule has 2 aromatic carbocycles. The molecule has 0 fully saturated rings. The molecule has 3 N–H and O–H groups in total. The van der Waals surface area contributed by atoms with Crippen LogP contribution in [0.3, 0.4) is 0 Å². The number of hydrogen-bond donors (Lipinski definition) is 2. The second-order valence-corrected chi connectivity index (χ2v) is 5.12. The van der Waals surface area contributed by atoms with Gasteiger partial charge in [-0.15, -0.1) is 11.8 Å². The molecule has 0 aliphatic carbocycles. The summed E-state index contributed by atoms with van der Waals surface area (Å²) < 4.78 is 0. The van der Waals surface area contributed by atoms with Gasteiger partial charge >= 0.3 is 0 Å². The molecule has 0 bridgehead atoms. The van der Waals surface area contributed by atoms with Crippen molar-refractivity contribution in [2.24, 2.45) is 0 Å². The van der Waals surface area contributed by atoms with Crippen molar-refractivity contribution in [3.8, 4) is 0 Å². The van der Waals surface area contributed by atoms with E-state index in [-0.39, 0.29) is 0 Å². The number of nitrogens with one attached hydrogen (secondary N) is 1. The van der Waals surface area contributed by atoms with Gasteiger partial charge in [-0.05, 0) is 30.5 Å². The maximum Gasteiger partial charge on any atom is 0.174 e. The van der Waals surface area contributed by atoms with Crippen molar-refractivity contribution < 1.29 is 0 Å². The number of anilines is 3. The van der Waals surface area contributed by atoms with Gasteiger partial charge in [0.05, 0.1) is 16.7 Å². The Balaban J connectivity index is 2.04. The van der Waals surface area contributed by atoms with Crippen LogP contribution in [0.2, 0.25) is 0 Å². The zero-order valence-electron chi connectivity index (χ0n) is 11.0. The summed E-state index contributed by atoms with van der Waals surface area (Å²) in [6, 6.07) is 15.7. The van der Waals surface area contributed by atoms with Crippen LogP contribution >= 0.6 is 11.8 Å². The number of nitrogens with two attached hydrogens (primary N) is 1. The quantitative estimate of drug-likeness (QED) is 0.717. The number of fused-ring (bicyclic) bond motifs is 1. The maximum absolute atomic E-state index is 5.98. The first kappa shape index (κ1) is 12.7. The number of nitrogen functional groups attached to an aromatic ring is 1. The van der Waals surface area contributed by atoms with Gasteiger partial charge in [0.2, 0.25) is 0 Å². The number of benzene rings is 2. The van der Waals surface area contributed by atoms with Gasteiger partial charge in [0.25, 0.3) is 0 Å². The van der Waals surface area contributed by atoms with Crippen LogP contribution in [0.4, 0.5) is 17.3 Å². The largest absolute Gasteiger partial charge is 0.381 e. The first-order chi connectivity index (χ1) is 9.78. The molecule has 1 aromatic heterocycles. The first-order valence-corrected chi connectivity index (χ1v) is 7.42. The van der Waals surface area contributed by atoms with Crippen molar-refractivity contribution in [2.75, 3.05) is 17.3 Å². The SMILES string of the molecule is CSc1ccccc1Nc1nc2ccccc2nc1N. The van der Waals surface area contributed by atoms with E-state index in [9.17, 15) is 0 Å². The Morgan fingerprint density at radius 2 is 1.60 bits per heavy atom. The molecule has 0 radical (unpaired) electrons. The molecule has 0 saturated heterocycles. The summed E-state index contributed by atoms with van der Waals surface area (Å²) in [6.07, 6.45) is 2.04. The Hall–Kier alpha value is -2.27. The second kappa shape index (κ2) is 5.38. The highest BCUT2D eigenvalue weighted by Crippen LogP contribution is 2.29. The molecule has 0 amide bonds. The smallest absolute Gasteiger partial charge is 0.174 e. The second-order valence-electron chi connectivity index (χ2n) is 4.27. The van der Waals surface area contributed by atoms with Crippen LogP contribution in [0.15, 0.2) is 53.4 Å².